The van der Waals surface area contributed by atoms with Gasteiger partial charge in [-0.15, -0.1) is 0 Å². The van der Waals surface area contributed by atoms with Crippen molar-refractivity contribution in [2.75, 3.05) is 7.11 Å². The molecule has 1 heterocycles. The van der Waals surface area contributed by atoms with Crippen LogP contribution in [0.2, 0.25) is 5.02 Å². The van der Waals surface area contributed by atoms with E-state index in [9.17, 15) is 9.18 Å². The average molecular weight is 271 g/mol. The minimum Gasteiger partial charge on any atom is -0.497 e. The molecule has 0 saturated heterocycles. The van der Waals surface area contributed by atoms with E-state index in [0.29, 0.717) is 5.75 Å². The van der Waals surface area contributed by atoms with E-state index in [0.717, 1.165) is 0 Å². The Balaban J connectivity index is 2.55. The highest BCUT2D eigenvalue weighted by Crippen LogP contribution is 2.31. The first kappa shape index (κ1) is 12.4. The van der Waals surface area contributed by atoms with E-state index in [1.807, 2.05) is 0 Å². The lowest BCUT2D eigenvalue weighted by molar-refractivity contribution is 0.0690. The van der Waals surface area contributed by atoms with Gasteiger partial charge in [0.25, 0.3) is 0 Å². The minimum absolute atomic E-state index is 0.0723. The van der Waals surface area contributed by atoms with Crippen molar-refractivity contribution in [2.45, 2.75) is 0 Å². The van der Waals surface area contributed by atoms with Gasteiger partial charge in [-0.25, -0.2) is 9.18 Å². The highest BCUT2D eigenvalue weighted by molar-refractivity contribution is 6.31. The second-order valence-corrected chi connectivity index (χ2v) is 3.85. The number of methoxy groups -OCH3 is 1. The van der Waals surface area contributed by atoms with Crippen LogP contribution in [-0.4, -0.2) is 28.4 Å². The van der Waals surface area contributed by atoms with Gasteiger partial charge in [0, 0.05) is 11.6 Å². The number of rotatable bonds is 3. The molecule has 0 spiro atoms. The van der Waals surface area contributed by atoms with Gasteiger partial charge in [0.1, 0.15) is 11.4 Å². The molecule has 0 radical (unpaired) electrons. The van der Waals surface area contributed by atoms with Gasteiger partial charge in [0.05, 0.1) is 17.8 Å². The Morgan fingerprint density at radius 3 is 2.78 bits per heavy atom. The summed E-state index contributed by atoms with van der Waals surface area (Å²) in [5.41, 5.74) is 0.0807. The number of aromatic nitrogens is 2. The van der Waals surface area contributed by atoms with Gasteiger partial charge in [0.2, 0.25) is 0 Å². The number of aromatic amines is 1. The van der Waals surface area contributed by atoms with Crippen LogP contribution in [-0.2, 0) is 0 Å². The van der Waals surface area contributed by atoms with Crippen LogP contribution in [0.1, 0.15) is 10.5 Å². The number of nitrogens with one attached hydrogen (secondary N) is 1. The van der Waals surface area contributed by atoms with Crippen LogP contribution in [0.4, 0.5) is 4.39 Å². The summed E-state index contributed by atoms with van der Waals surface area (Å²) in [6, 6.07) is 3.94. The van der Waals surface area contributed by atoms with Gasteiger partial charge in [-0.3, -0.25) is 5.10 Å². The molecule has 94 valence electrons. The maximum Gasteiger partial charge on any atom is 0.353 e. The van der Waals surface area contributed by atoms with Crippen molar-refractivity contribution in [1.82, 2.24) is 10.2 Å². The Kier molecular flexibility index (Phi) is 3.20. The molecule has 1 aromatic heterocycles. The number of hydrogen-bond donors (Lipinski definition) is 2. The van der Waals surface area contributed by atoms with E-state index in [1.54, 1.807) is 0 Å². The Morgan fingerprint density at radius 2 is 2.22 bits per heavy atom. The van der Waals surface area contributed by atoms with Crippen LogP contribution >= 0.6 is 11.6 Å². The predicted octanol–water partition coefficient (Wildman–Crippen LogP) is 2.58. The van der Waals surface area contributed by atoms with Gasteiger partial charge in [-0.1, -0.05) is 11.6 Å². The third-order valence-electron chi connectivity index (χ3n) is 2.32. The second kappa shape index (κ2) is 4.66. The standard InChI is InChI=1S/C11H8ClFN2O3/c1-18-5-2-6(10(13)7(12)3-5)8-4-9(11(16)17)15-14-8/h2-4H,1H3,(H,14,15)(H,16,17). The molecule has 18 heavy (non-hydrogen) atoms. The van der Waals surface area contributed by atoms with Crippen LogP contribution < -0.4 is 4.74 Å². The fourth-order valence-corrected chi connectivity index (χ4v) is 1.65. The van der Waals surface area contributed by atoms with Crippen LogP contribution in [0.3, 0.4) is 0 Å². The van der Waals surface area contributed by atoms with E-state index in [-0.39, 0.29) is 22.0 Å². The summed E-state index contributed by atoms with van der Waals surface area (Å²) in [6.07, 6.45) is 0. The lowest BCUT2D eigenvalue weighted by atomic mass is 10.1. The molecule has 0 aliphatic heterocycles. The van der Waals surface area contributed by atoms with Crippen LogP contribution in [0.15, 0.2) is 18.2 Å². The number of halogens is 2. The molecular weight excluding hydrogens is 263 g/mol. The zero-order valence-corrected chi connectivity index (χ0v) is 9.95. The van der Waals surface area contributed by atoms with Crippen molar-refractivity contribution in [1.29, 1.82) is 0 Å². The minimum atomic E-state index is -1.18. The maximum absolute atomic E-state index is 13.8. The molecule has 0 aliphatic carbocycles. The number of carbonyl (C=O) groups is 1. The van der Waals surface area contributed by atoms with Gasteiger partial charge >= 0.3 is 5.97 Å². The smallest absolute Gasteiger partial charge is 0.353 e. The molecule has 2 rings (SSSR count). The number of H-pyrrole nitrogens is 1. The van der Waals surface area contributed by atoms with E-state index >= 15 is 0 Å². The quantitative estimate of drug-likeness (QED) is 0.899. The predicted molar refractivity (Wildman–Crippen MR) is 62.5 cm³/mol. The number of hydrogen-bond acceptors (Lipinski definition) is 3. The number of carboxylic acid groups (broad SMARTS) is 1. The Morgan fingerprint density at radius 1 is 1.50 bits per heavy atom. The van der Waals surface area contributed by atoms with Crippen LogP contribution in [0.25, 0.3) is 11.3 Å². The normalized spacial score (nSPS) is 10.4. The third-order valence-corrected chi connectivity index (χ3v) is 2.60. The summed E-state index contributed by atoms with van der Waals surface area (Å²) >= 11 is 5.71. The lowest BCUT2D eigenvalue weighted by Crippen LogP contribution is -1.95. The van der Waals surface area contributed by atoms with E-state index in [2.05, 4.69) is 10.2 Å². The van der Waals surface area contributed by atoms with Crippen molar-refractivity contribution in [3.8, 4) is 17.0 Å². The van der Waals surface area contributed by atoms with Crippen molar-refractivity contribution in [3.63, 3.8) is 0 Å². The molecule has 1 aromatic carbocycles. The molecule has 0 atom stereocenters. The first-order valence-electron chi connectivity index (χ1n) is 4.85. The molecular formula is C11H8ClFN2O3. The first-order valence-corrected chi connectivity index (χ1v) is 5.23. The number of benzene rings is 1. The Hall–Kier alpha value is -2.08. The summed E-state index contributed by atoms with van der Waals surface area (Å²) in [6.45, 7) is 0. The molecule has 0 fully saturated rings. The molecule has 0 unspecified atom stereocenters. The number of ether oxygens (including phenoxy) is 1. The molecule has 7 heteroatoms. The fourth-order valence-electron chi connectivity index (χ4n) is 1.44. The summed E-state index contributed by atoms with van der Waals surface area (Å²) in [4.78, 5) is 10.7. The van der Waals surface area contributed by atoms with Crippen LogP contribution in [0, 0.1) is 5.82 Å². The average Bonchev–Trinajstić information content (AvgIpc) is 2.82. The SMILES string of the molecule is COc1cc(Cl)c(F)c(-c2cc(C(=O)O)[nH]n2)c1. The summed E-state index contributed by atoms with van der Waals surface area (Å²) in [5, 5.41) is 14.6. The topological polar surface area (TPSA) is 75.2 Å². The maximum atomic E-state index is 13.8. The summed E-state index contributed by atoms with van der Waals surface area (Å²) in [5.74, 6) is -1.50. The van der Waals surface area contributed by atoms with Crippen LogP contribution in [0.5, 0.6) is 5.75 Å². The second-order valence-electron chi connectivity index (χ2n) is 3.44. The fraction of sp³-hybridized carbons (Fsp3) is 0.0909. The third kappa shape index (κ3) is 2.14. The molecule has 0 amide bonds. The monoisotopic (exact) mass is 270 g/mol. The molecule has 0 saturated carbocycles. The lowest BCUT2D eigenvalue weighted by Gasteiger charge is -2.05. The van der Waals surface area contributed by atoms with Gasteiger partial charge in [-0.05, 0) is 12.1 Å². The summed E-state index contributed by atoms with van der Waals surface area (Å²) < 4.78 is 18.8. The molecule has 2 N–H and O–H groups in total. The van der Waals surface area contributed by atoms with Crippen molar-refractivity contribution in [3.05, 3.63) is 34.7 Å². The molecule has 0 aliphatic rings. The van der Waals surface area contributed by atoms with Gasteiger partial charge in [0.15, 0.2) is 5.82 Å². The Bertz CT molecular complexity index is 612. The zero-order chi connectivity index (χ0) is 13.3. The number of aromatic carboxylic acids is 1. The van der Waals surface area contributed by atoms with E-state index in [1.165, 1.54) is 25.3 Å². The summed E-state index contributed by atoms with van der Waals surface area (Å²) in [7, 11) is 1.42. The van der Waals surface area contributed by atoms with Crippen molar-refractivity contribution >= 4 is 17.6 Å². The van der Waals surface area contributed by atoms with Gasteiger partial charge < -0.3 is 9.84 Å². The number of nitrogens with zero attached hydrogens (tertiary/aromatic N) is 1. The highest BCUT2D eigenvalue weighted by atomic mass is 35.5. The zero-order valence-electron chi connectivity index (χ0n) is 9.20. The van der Waals surface area contributed by atoms with E-state index in [4.69, 9.17) is 21.4 Å². The molecule has 2 aromatic rings. The number of carboxylic acids is 1. The Labute approximate surface area is 106 Å². The first-order chi connectivity index (χ1) is 8.52. The largest absolute Gasteiger partial charge is 0.497 e. The van der Waals surface area contributed by atoms with E-state index < -0.39 is 11.8 Å². The van der Waals surface area contributed by atoms with Gasteiger partial charge in [-0.2, -0.15) is 5.10 Å². The molecule has 5 nitrogen and oxygen atoms in total. The highest BCUT2D eigenvalue weighted by Gasteiger charge is 2.16. The van der Waals surface area contributed by atoms with Crippen molar-refractivity contribution in [2.24, 2.45) is 0 Å². The molecule has 0 bridgehead atoms. The van der Waals surface area contributed by atoms with Crippen molar-refractivity contribution < 1.29 is 19.0 Å².